The molecule has 0 radical (unpaired) electrons. The fourth-order valence-corrected chi connectivity index (χ4v) is 3.88. The number of carbonyl (C=O) groups is 1. The van der Waals surface area contributed by atoms with E-state index >= 15 is 0 Å². The van der Waals surface area contributed by atoms with Gasteiger partial charge in [0.1, 0.15) is 17.6 Å². The number of hydrogen-bond acceptors (Lipinski definition) is 4. The summed E-state index contributed by atoms with van der Waals surface area (Å²) in [6.45, 7) is 3.96. The van der Waals surface area contributed by atoms with Crippen molar-refractivity contribution in [1.82, 2.24) is 0 Å². The van der Waals surface area contributed by atoms with E-state index < -0.39 is 0 Å². The standard InChI is InChI=1S/C27H24ClNO4/c1-3-17-6-5-7-18(4-2)26(17)29-25(30)16-32-21-12-13-22-24(14-21)33-15-23(27(22)31)19-8-10-20(28)11-9-19/h5-15H,3-4,16H2,1-2H3,(H,29,30). The van der Waals surface area contributed by atoms with Crippen LogP contribution in [0.1, 0.15) is 25.0 Å². The van der Waals surface area contributed by atoms with Crippen molar-refractivity contribution in [3.05, 3.63) is 93.3 Å². The molecule has 0 aliphatic heterocycles. The van der Waals surface area contributed by atoms with Crippen molar-refractivity contribution >= 4 is 34.2 Å². The largest absolute Gasteiger partial charge is 0.484 e. The molecule has 0 fully saturated rings. The molecule has 0 atom stereocenters. The minimum absolute atomic E-state index is 0.147. The molecule has 168 valence electrons. The molecule has 33 heavy (non-hydrogen) atoms. The Morgan fingerprint density at radius 1 is 1.00 bits per heavy atom. The van der Waals surface area contributed by atoms with Crippen LogP contribution in [0.15, 0.2) is 76.1 Å². The quantitative estimate of drug-likeness (QED) is 0.353. The van der Waals surface area contributed by atoms with Crippen LogP contribution >= 0.6 is 11.6 Å². The maximum Gasteiger partial charge on any atom is 0.262 e. The molecule has 0 spiro atoms. The molecule has 6 heteroatoms. The summed E-state index contributed by atoms with van der Waals surface area (Å²) >= 11 is 5.93. The lowest BCUT2D eigenvalue weighted by atomic mass is 10.0. The average molecular weight is 462 g/mol. The number of para-hydroxylation sites is 1. The third-order valence-corrected chi connectivity index (χ3v) is 5.79. The summed E-state index contributed by atoms with van der Waals surface area (Å²) in [4.78, 5) is 25.5. The Labute approximate surface area is 197 Å². The number of ether oxygens (including phenoxy) is 1. The van der Waals surface area contributed by atoms with Crippen molar-refractivity contribution in [2.45, 2.75) is 26.7 Å². The number of hydrogen-bond donors (Lipinski definition) is 1. The summed E-state index contributed by atoms with van der Waals surface area (Å²) in [6, 6.07) is 18.0. The third-order valence-electron chi connectivity index (χ3n) is 5.53. The second-order valence-electron chi connectivity index (χ2n) is 7.64. The molecular weight excluding hydrogens is 438 g/mol. The van der Waals surface area contributed by atoms with E-state index in [1.165, 1.54) is 6.26 Å². The molecule has 5 nitrogen and oxygen atoms in total. The first kappa shape index (κ1) is 22.6. The zero-order valence-electron chi connectivity index (χ0n) is 18.5. The Kier molecular flexibility index (Phi) is 6.80. The van der Waals surface area contributed by atoms with Gasteiger partial charge in [0.2, 0.25) is 0 Å². The lowest BCUT2D eigenvalue weighted by molar-refractivity contribution is -0.118. The highest BCUT2D eigenvalue weighted by Crippen LogP contribution is 2.25. The Hall–Kier alpha value is -3.57. The Balaban J connectivity index is 1.50. The van der Waals surface area contributed by atoms with E-state index in [0.717, 1.165) is 35.2 Å². The lowest BCUT2D eigenvalue weighted by Crippen LogP contribution is -2.21. The maximum absolute atomic E-state index is 12.9. The zero-order valence-corrected chi connectivity index (χ0v) is 19.2. The number of anilines is 1. The molecule has 3 aromatic carbocycles. The summed E-state index contributed by atoms with van der Waals surface area (Å²) in [7, 11) is 0. The van der Waals surface area contributed by atoms with Crippen molar-refractivity contribution in [3.63, 3.8) is 0 Å². The van der Waals surface area contributed by atoms with Crippen LogP contribution in [0.25, 0.3) is 22.1 Å². The van der Waals surface area contributed by atoms with Crippen LogP contribution in [0.2, 0.25) is 5.02 Å². The van der Waals surface area contributed by atoms with Gasteiger partial charge in [-0.1, -0.05) is 55.8 Å². The molecule has 0 aliphatic carbocycles. The first-order valence-electron chi connectivity index (χ1n) is 10.8. The molecule has 0 aliphatic rings. The predicted octanol–water partition coefficient (Wildman–Crippen LogP) is 6.26. The van der Waals surface area contributed by atoms with Gasteiger partial charge in [0.15, 0.2) is 12.0 Å². The molecule has 1 N–H and O–H groups in total. The summed E-state index contributed by atoms with van der Waals surface area (Å²) in [5, 5.41) is 4.01. The monoisotopic (exact) mass is 461 g/mol. The summed E-state index contributed by atoms with van der Waals surface area (Å²) < 4.78 is 11.4. The van der Waals surface area contributed by atoms with Crippen molar-refractivity contribution in [3.8, 4) is 16.9 Å². The van der Waals surface area contributed by atoms with Gasteiger partial charge in [-0.2, -0.15) is 0 Å². The highest BCUT2D eigenvalue weighted by molar-refractivity contribution is 6.30. The van der Waals surface area contributed by atoms with Crippen LogP contribution in [-0.4, -0.2) is 12.5 Å². The normalized spacial score (nSPS) is 10.9. The van der Waals surface area contributed by atoms with Crippen LogP contribution in [0, 0.1) is 0 Å². The van der Waals surface area contributed by atoms with E-state index in [1.807, 2.05) is 18.2 Å². The summed E-state index contributed by atoms with van der Waals surface area (Å²) in [5.74, 6) is 0.199. The molecule has 1 aromatic heterocycles. The van der Waals surface area contributed by atoms with Crippen molar-refractivity contribution < 1.29 is 13.9 Å². The Bertz CT molecular complexity index is 1340. The number of nitrogens with one attached hydrogen (secondary N) is 1. The first-order chi connectivity index (χ1) is 16.0. The van der Waals surface area contributed by atoms with Crippen LogP contribution in [-0.2, 0) is 17.6 Å². The molecule has 1 heterocycles. The van der Waals surface area contributed by atoms with E-state index in [1.54, 1.807) is 42.5 Å². The second-order valence-corrected chi connectivity index (χ2v) is 8.08. The van der Waals surface area contributed by atoms with Gasteiger partial charge in [-0.05, 0) is 53.8 Å². The molecule has 0 saturated heterocycles. The third kappa shape index (κ3) is 4.94. The van der Waals surface area contributed by atoms with E-state index in [2.05, 4.69) is 19.2 Å². The highest BCUT2D eigenvalue weighted by Gasteiger charge is 2.13. The Morgan fingerprint density at radius 2 is 1.70 bits per heavy atom. The zero-order chi connectivity index (χ0) is 23.4. The fourth-order valence-electron chi connectivity index (χ4n) is 3.75. The number of aryl methyl sites for hydroxylation is 2. The predicted molar refractivity (Wildman–Crippen MR) is 132 cm³/mol. The van der Waals surface area contributed by atoms with E-state index in [0.29, 0.717) is 27.3 Å². The van der Waals surface area contributed by atoms with Crippen LogP contribution < -0.4 is 15.5 Å². The second kappa shape index (κ2) is 9.92. The molecule has 4 aromatic rings. The van der Waals surface area contributed by atoms with E-state index in [4.69, 9.17) is 20.8 Å². The van der Waals surface area contributed by atoms with Gasteiger partial charge in [-0.3, -0.25) is 9.59 Å². The molecule has 1 amide bonds. The van der Waals surface area contributed by atoms with Gasteiger partial charge in [-0.25, -0.2) is 0 Å². The first-order valence-corrected chi connectivity index (χ1v) is 11.2. The minimum Gasteiger partial charge on any atom is -0.484 e. The number of fused-ring (bicyclic) bond motifs is 1. The smallest absolute Gasteiger partial charge is 0.262 e. The lowest BCUT2D eigenvalue weighted by Gasteiger charge is -2.14. The molecule has 4 rings (SSSR count). The average Bonchev–Trinajstić information content (AvgIpc) is 2.84. The topological polar surface area (TPSA) is 68.5 Å². The Morgan fingerprint density at radius 3 is 2.36 bits per heavy atom. The summed E-state index contributed by atoms with van der Waals surface area (Å²) in [5.41, 5.74) is 4.46. The van der Waals surface area contributed by atoms with Gasteiger partial charge in [0.25, 0.3) is 5.91 Å². The number of benzene rings is 3. The molecule has 0 saturated carbocycles. The van der Waals surface area contributed by atoms with Crippen LogP contribution in [0.4, 0.5) is 5.69 Å². The van der Waals surface area contributed by atoms with Crippen molar-refractivity contribution in [2.75, 3.05) is 11.9 Å². The number of rotatable bonds is 7. The minimum atomic E-state index is -0.245. The highest BCUT2D eigenvalue weighted by atomic mass is 35.5. The molecule has 0 bridgehead atoms. The molecular formula is C27H24ClNO4. The van der Waals surface area contributed by atoms with Crippen LogP contribution in [0.3, 0.4) is 0 Å². The van der Waals surface area contributed by atoms with Crippen molar-refractivity contribution in [2.24, 2.45) is 0 Å². The van der Waals surface area contributed by atoms with E-state index in [-0.39, 0.29) is 17.9 Å². The number of halogens is 1. The van der Waals surface area contributed by atoms with Crippen molar-refractivity contribution in [1.29, 1.82) is 0 Å². The van der Waals surface area contributed by atoms with Gasteiger partial charge in [-0.15, -0.1) is 0 Å². The van der Waals surface area contributed by atoms with Gasteiger partial charge in [0.05, 0.1) is 10.9 Å². The number of amides is 1. The van der Waals surface area contributed by atoms with Crippen LogP contribution in [0.5, 0.6) is 5.75 Å². The summed E-state index contributed by atoms with van der Waals surface area (Å²) in [6.07, 6.45) is 3.08. The van der Waals surface area contributed by atoms with Gasteiger partial charge in [0, 0.05) is 16.8 Å². The number of carbonyl (C=O) groups excluding carboxylic acids is 1. The van der Waals surface area contributed by atoms with Gasteiger partial charge < -0.3 is 14.5 Å². The fraction of sp³-hybridized carbons (Fsp3) is 0.185. The molecule has 0 unspecified atom stereocenters. The maximum atomic E-state index is 12.9. The van der Waals surface area contributed by atoms with E-state index in [9.17, 15) is 9.59 Å². The van der Waals surface area contributed by atoms with Gasteiger partial charge >= 0.3 is 0 Å². The SMILES string of the molecule is CCc1cccc(CC)c1NC(=O)COc1ccc2c(=O)c(-c3ccc(Cl)cc3)coc2c1.